The van der Waals surface area contributed by atoms with Gasteiger partial charge in [0.1, 0.15) is 0 Å². The van der Waals surface area contributed by atoms with Crippen molar-refractivity contribution in [3.8, 4) is 0 Å². The van der Waals surface area contributed by atoms with Crippen LogP contribution in [0, 0.1) is 0 Å². The molecule has 33 heavy (non-hydrogen) atoms. The van der Waals surface area contributed by atoms with Gasteiger partial charge in [-0.1, -0.05) is 0 Å². The van der Waals surface area contributed by atoms with Crippen LogP contribution in [0.1, 0.15) is 69.6 Å². The summed E-state index contributed by atoms with van der Waals surface area (Å²) >= 11 is 0. The van der Waals surface area contributed by atoms with Crippen LogP contribution in [0.5, 0.6) is 0 Å². The number of rotatable bonds is 6. The minimum atomic E-state index is -0.289. The van der Waals surface area contributed by atoms with Crippen LogP contribution >= 0.6 is 0 Å². The van der Waals surface area contributed by atoms with Crippen LogP contribution in [0.3, 0.4) is 0 Å². The van der Waals surface area contributed by atoms with E-state index in [1.807, 2.05) is 0 Å². The Morgan fingerprint density at radius 1 is 0.515 bits per heavy atom. The molecule has 3 fully saturated rings. The molecule has 0 atom stereocenters. The van der Waals surface area contributed by atoms with Gasteiger partial charge in [0.2, 0.25) is 0 Å². The summed E-state index contributed by atoms with van der Waals surface area (Å²) in [5.41, 5.74) is 0.912. The molecule has 3 aliphatic rings. The first kappa shape index (κ1) is 23.7. The van der Waals surface area contributed by atoms with Crippen LogP contribution in [0.25, 0.3) is 0 Å². The molecule has 0 radical (unpaired) electrons. The second-order valence-electron chi connectivity index (χ2n) is 8.88. The first-order chi connectivity index (χ1) is 16.1. The zero-order chi connectivity index (χ0) is 23.0. The molecule has 3 amide bonds. The van der Waals surface area contributed by atoms with E-state index in [9.17, 15) is 14.4 Å². The molecule has 1 aromatic carbocycles. The molecule has 0 aromatic heterocycles. The van der Waals surface area contributed by atoms with Crippen LogP contribution in [0.15, 0.2) is 18.2 Å². The van der Waals surface area contributed by atoms with Gasteiger partial charge >= 0.3 is 0 Å². The fourth-order valence-electron chi connectivity index (χ4n) is 4.35. The number of benzene rings is 1. The van der Waals surface area contributed by atoms with Crippen LogP contribution in [-0.2, 0) is 14.2 Å². The van der Waals surface area contributed by atoms with Gasteiger partial charge in [0.05, 0.1) is 0 Å². The van der Waals surface area contributed by atoms with Gasteiger partial charge < -0.3 is 30.2 Å². The molecule has 9 heteroatoms. The lowest BCUT2D eigenvalue weighted by Crippen LogP contribution is -2.41. The molecule has 0 saturated carbocycles. The van der Waals surface area contributed by atoms with Gasteiger partial charge in [-0.3, -0.25) is 14.4 Å². The molecular formula is C24H33N3O6. The average Bonchev–Trinajstić information content (AvgIpc) is 2.85. The van der Waals surface area contributed by atoms with Crippen molar-refractivity contribution in [2.45, 2.75) is 56.7 Å². The highest BCUT2D eigenvalue weighted by molar-refractivity contribution is 6.04. The maximum atomic E-state index is 13.0. The van der Waals surface area contributed by atoms with Crippen molar-refractivity contribution in [1.29, 1.82) is 0 Å². The molecule has 3 saturated heterocycles. The summed E-state index contributed by atoms with van der Waals surface area (Å²) < 4.78 is 16.1. The van der Waals surface area contributed by atoms with Crippen LogP contribution < -0.4 is 16.0 Å². The molecule has 0 spiro atoms. The molecule has 3 aliphatic heterocycles. The van der Waals surface area contributed by atoms with Crippen molar-refractivity contribution in [3.63, 3.8) is 0 Å². The van der Waals surface area contributed by atoms with E-state index < -0.39 is 0 Å². The normalized spacial score (nSPS) is 20.7. The van der Waals surface area contributed by atoms with E-state index in [1.165, 1.54) is 0 Å². The molecule has 4 rings (SSSR count). The van der Waals surface area contributed by atoms with E-state index in [4.69, 9.17) is 14.2 Å². The third-order valence-corrected chi connectivity index (χ3v) is 6.39. The Balaban J connectivity index is 1.52. The van der Waals surface area contributed by atoms with Gasteiger partial charge in [-0.25, -0.2) is 0 Å². The van der Waals surface area contributed by atoms with E-state index in [2.05, 4.69) is 16.0 Å². The summed E-state index contributed by atoms with van der Waals surface area (Å²) in [6.45, 7) is 3.65. The van der Waals surface area contributed by atoms with Crippen LogP contribution in [-0.4, -0.2) is 75.5 Å². The number of carbonyl (C=O) groups excluding carboxylic acids is 3. The van der Waals surface area contributed by atoms with Crippen molar-refractivity contribution in [1.82, 2.24) is 16.0 Å². The first-order valence-corrected chi connectivity index (χ1v) is 11.9. The number of nitrogens with one attached hydrogen (secondary N) is 3. The third-order valence-electron chi connectivity index (χ3n) is 6.39. The Morgan fingerprint density at radius 3 is 1.00 bits per heavy atom. The molecule has 3 N–H and O–H groups in total. The van der Waals surface area contributed by atoms with Crippen molar-refractivity contribution in [2.75, 3.05) is 39.6 Å². The monoisotopic (exact) mass is 459 g/mol. The summed E-state index contributed by atoms with van der Waals surface area (Å²) in [6.07, 6.45) is 4.46. The number of hydrogen-bond acceptors (Lipinski definition) is 6. The first-order valence-electron chi connectivity index (χ1n) is 11.9. The lowest BCUT2D eigenvalue weighted by molar-refractivity contribution is 0.0693. The number of hydrogen-bond donors (Lipinski definition) is 3. The van der Waals surface area contributed by atoms with E-state index in [1.54, 1.807) is 18.2 Å². The smallest absolute Gasteiger partial charge is 0.251 e. The maximum absolute atomic E-state index is 13.0. The Morgan fingerprint density at radius 2 is 0.758 bits per heavy atom. The van der Waals surface area contributed by atoms with Gasteiger partial charge in [-0.15, -0.1) is 0 Å². The van der Waals surface area contributed by atoms with Crippen LogP contribution in [0.4, 0.5) is 0 Å². The highest BCUT2D eigenvalue weighted by Gasteiger charge is 2.23. The molecule has 1 aromatic rings. The predicted molar refractivity (Wildman–Crippen MR) is 120 cm³/mol. The number of ether oxygens (including phenoxy) is 3. The second kappa shape index (κ2) is 11.6. The molecule has 0 bridgehead atoms. The summed E-state index contributed by atoms with van der Waals surface area (Å²) in [4.78, 5) is 39.0. The molecule has 3 heterocycles. The minimum Gasteiger partial charge on any atom is -0.381 e. The Kier molecular flexibility index (Phi) is 8.30. The fourth-order valence-corrected chi connectivity index (χ4v) is 4.35. The largest absolute Gasteiger partial charge is 0.381 e. The molecule has 0 aliphatic carbocycles. The van der Waals surface area contributed by atoms with E-state index in [0.29, 0.717) is 56.3 Å². The van der Waals surface area contributed by atoms with Gasteiger partial charge in [0.15, 0.2) is 0 Å². The zero-order valence-electron chi connectivity index (χ0n) is 18.9. The standard InChI is InChI=1S/C24H33N3O6/c28-22(25-19-1-7-31-8-2-19)16-13-17(23(29)26-20-3-9-32-10-4-20)15-18(14-16)24(30)27-21-5-11-33-12-6-21/h13-15,19-21H,1-12H2,(H,25,28)(H,26,29)(H,27,30). The van der Waals surface area contributed by atoms with Crippen molar-refractivity contribution < 1.29 is 28.6 Å². The SMILES string of the molecule is O=C(NC1CCOCC1)c1cc(C(=O)NC2CCOCC2)cc(C(=O)NC2CCOCC2)c1. The molecule has 9 nitrogen and oxygen atoms in total. The quantitative estimate of drug-likeness (QED) is 0.593. The highest BCUT2D eigenvalue weighted by Crippen LogP contribution is 2.16. The fraction of sp³-hybridized carbons (Fsp3) is 0.625. The van der Waals surface area contributed by atoms with Gasteiger partial charge in [0.25, 0.3) is 17.7 Å². The Bertz CT molecular complexity index is 721. The average molecular weight is 460 g/mol. The predicted octanol–water partition coefficient (Wildman–Crippen LogP) is 1.41. The van der Waals surface area contributed by atoms with Gasteiger partial charge in [0, 0.05) is 74.5 Å². The highest BCUT2D eigenvalue weighted by atomic mass is 16.5. The molecule has 180 valence electrons. The van der Waals surface area contributed by atoms with E-state index in [0.717, 1.165) is 38.5 Å². The lowest BCUT2D eigenvalue weighted by atomic mass is 10.0. The Labute approximate surface area is 193 Å². The van der Waals surface area contributed by atoms with Gasteiger partial charge in [-0.2, -0.15) is 0 Å². The maximum Gasteiger partial charge on any atom is 0.251 e. The zero-order valence-corrected chi connectivity index (χ0v) is 18.9. The summed E-state index contributed by atoms with van der Waals surface area (Å²) in [6, 6.07) is 4.75. The minimum absolute atomic E-state index is 0.0190. The van der Waals surface area contributed by atoms with E-state index in [-0.39, 0.29) is 35.8 Å². The molecular weight excluding hydrogens is 426 g/mol. The third kappa shape index (κ3) is 6.75. The summed E-state index contributed by atoms with van der Waals surface area (Å²) in [7, 11) is 0. The molecule has 0 unspecified atom stereocenters. The lowest BCUT2D eigenvalue weighted by Gasteiger charge is -2.25. The summed E-state index contributed by atoms with van der Waals surface area (Å²) in [5.74, 6) is -0.867. The van der Waals surface area contributed by atoms with Crippen molar-refractivity contribution in [2.24, 2.45) is 0 Å². The van der Waals surface area contributed by atoms with Crippen molar-refractivity contribution >= 4 is 17.7 Å². The number of amides is 3. The van der Waals surface area contributed by atoms with Crippen LogP contribution in [0.2, 0.25) is 0 Å². The van der Waals surface area contributed by atoms with E-state index >= 15 is 0 Å². The topological polar surface area (TPSA) is 115 Å². The summed E-state index contributed by atoms with van der Waals surface area (Å²) in [5, 5.41) is 9.04. The number of carbonyl (C=O) groups is 3. The Hall–Kier alpha value is -2.49. The second-order valence-corrected chi connectivity index (χ2v) is 8.88. The van der Waals surface area contributed by atoms with Crippen molar-refractivity contribution in [3.05, 3.63) is 34.9 Å². The van der Waals surface area contributed by atoms with Gasteiger partial charge in [-0.05, 0) is 56.7 Å².